The van der Waals surface area contributed by atoms with E-state index in [9.17, 15) is 0 Å². The summed E-state index contributed by atoms with van der Waals surface area (Å²) in [6.45, 7) is 4.39. The third kappa shape index (κ3) is 1.85. The first kappa shape index (κ1) is 6.85. The molecule has 0 aromatic rings. The third-order valence-corrected chi connectivity index (χ3v) is 2.27. The van der Waals surface area contributed by atoms with Crippen LogP contribution in [0.3, 0.4) is 0 Å². The normalized spacial score (nSPS) is 33.6. The molecular weight excluding hydrogens is 108 g/mol. The average Bonchev–Trinajstić information content (AvgIpc) is 2.62. The van der Waals surface area contributed by atoms with Gasteiger partial charge in [0.05, 0.1) is 0 Å². The molecule has 0 N–H and O–H groups in total. The predicted molar refractivity (Wildman–Crippen MR) is 41.3 cm³/mol. The number of hydrogen-bond donors (Lipinski definition) is 0. The van der Waals surface area contributed by atoms with Crippen LogP contribution < -0.4 is 0 Å². The molecule has 1 aliphatic carbocycles. The first-order valence-corrected chi connectivity index (χ1v) is 3.99. The highest BCUT2D eigenvalue weighted by atomic mass is 14.4. The summed E-state index contributed by atoms with van der Waals surface area (Å²) in [5, 5.41) is 0. The van der Waals surface area contributed by atoms with Gasteiger partial charge in [-0.3, -0.25) is 0 Å². The van der Waals surface area contributed by atoms with Crippen molar-refractivity contribution in [3.8, 4) is 0 Å². The Kier molecular flexibility index (Phi) is 2.32. The van der Waals surface area contributed by atoms with Gasteiger partial charge in [0.25, 0.3) is 0 Å². The van der Waals surface area contributed by atoms with Gasteiger partial charge in [0.2, 0.25) is 0 Å². The van der Waals surface area contributed by atoms with Crippen LogP contribution in [0.1, 0.15) is 33.1 Å². The van der Waals surface area contributed by atoms with Crippen LogP contribution in [-0.4, -0.2) is 0 Å². The molecule has 0 aliphatic heterocycles. The summed E-state index contributed by atoms with van der Waals surface area (Å²) >= 11 is 0. The van der Waals surface area contributed by atoms with Gasteiger partial charge in [0.15, 0.2) is 0 Å². The van der Waals surface area contributed by atoms with Gasteiger partial charge in [-0.2, -0.15) is 0 Å². The van der Waals surface area contributed by atoms with E-state index in [1.807, 2.05) is 0 Å². The van der Waals surface area contributed by atoms with Crippen molar-refractivity contribution in [2.45, 2.75) is 33.1 Å². The second-order valence-corrected chi connectivity index (χ2v) is 2.97. The van der Waals surface area contributed by atoms with Crippen LogP contribution in [0.2, 0.25) is 0 Å². The molecule has 1 aliphatic rings. The minimum atomic E-state index is 1.05. The number of allylic oxidation sites excluding steroid dienone is 2. The van der Waals surface area contributed by atoms with Crippen molar-refractivity contribution in [3.63, 3.8) is 0 Å². The monoisotopic (exact) mass is 124 g/mol. The fraction of sp³-hybridized carbons (Fsp3) is 0.778. The van der Waals surface area contributed by atoms with E-state index in [4.69, 9.17) is 0 Å². The summed E-state index contributed by atoms with van der Waals surface area (Å²) in [7, 11) is 0. The van der Waals surface area contributed by atoms with E-state index in [0.717, 1.165) is 11.8 Å². The Bertz CT molecular complexity index is 103. The molecule has 2 atom stereocenters. The van der Waals surface area contributed by atoms with Crippen LogP contribution in [0.5, 0.6) is 0 Å². The summed E-state index contributed by atoms with van der Waals surface area (Å²) in [6, 6.07) is 0. The average molecular weight is 124 g/mol. The van der Waals surface area contributed by atoms with Crippen LogP contribution in [0.15, 0.2) is 12.2 Å². The lowest BCUT2D eigenvalue weighted by molar-refractivity contribution is 0.687. The molecule has 0 nitrogen and oxygen atoms in total. The molecule has 0 heteroatoms. The van der Waals surface area contributed by atoms with Gasteiger partial charge in [-0.1, -0.05) is 25.5 Å². The second-order valence-electron chi connectivity index (χ2n) is 2.97. The summed E-state index contributed by atoms with van der Waals surface area (Å²) in [5.74, 6) is 2.12. The van der Waals surface area contributed by atoms with Gasteiger partial charge >= 0.3 is 0 Å². The SMILES string of the molecule is CC=CCC1CC1CC. The van der Waals surface area contributed by atoms with Crippen LogP contribution in [0, 0.1) is 11.8 Å². The standard InChI is InChI=1S/C9H16/c1-3-5-6-9-7-8(9)4-2/h3,5,8-9H,4,6-7H2,1-2H3. The van der Waals surface area contributed by atoms with Gasteiger partial charge in [0, 0.05) is 0 Å². The van der Waals surface area contributed by atoms with Crippen LogP contribution in [-0.2, 0) is 0 Å². The van der Waals surface area contributed by atoms with E-state index in [1.54, 1.807) is 0 Å². The topological polar surface area (TPSA) is 0 Å². The highest BCUT2D eigenvalue weighted by molar-refractivity contribution is 4.92. The maximum Gasteiger partial charge on any atom is -0.0320 e. The molecule has 0 radical (unpaired) electrons. The highest BCUT2D eigenvalue weighted by Crippen LogP contribution is 2.43. The molecule has 0 bridgehead atoms. The van der Waals surface area contributed by atoms with Crippen molar-refractivity contribution in [1.82, 2.24) is 0 Å². The molecule has 0 amide bonds. The lowest BCUT2D eigenvalue weighted by atomic mass is 10.2. The zero-order valence-electron chi connectivity index (χ0n) is 6.43. The van der Waals surface area contributed by atoms with Crippen molar-refractivity contribution in [3.05, 3.63) is 12.2 Å². The van der Waals surface area contributed by atoms with E-state index in [2.05, 4.69) is 26.0 Å². The van der Waals surface area contributed by atoms with Gasteiger partial charge < -0.3 is 0 Å². The molecule has 0 aromatic carbocycles. The van der Waals surface area contributed by atoms with Crippen molar-refractivity contribution < 1.29 is 0 Å². The molecule has 1 rings (SSSR count). The van der Waals surface area contributed by atoms with Crippen LogP contribution in [0.4, 0.5) is 0 Å². The Labute approximate surface area is 58.0 Å². The second kappa shape index (κ2) is 3.05. The Morgan fingerprint density at radius 1 is 1.44 bits per heavy atom. The van der Waals surface area contributed by atoms with Crippen molar-refractivity contribution >= 4 is 0 Å². The Hall–Kier alpha value is -0.260. The largest absolute Gasteiger partial charge is 0.0917 e. The quantitative estimate of drug-likeness (QED) is 0.507. The first-order chi connectivity index (χ1) is 4.38. The van der Waals surface area contributed by atoms with E-state index < -0.39 is 0 Å². The Morgan fingerprint density at radius 3 is 2.67 bits per heavy atom. The zero-order chi connectivity index (χ0) is 6.69. The molecule has 1 fully saturated rings. The van der Waals surface area contributed by atoms with Gasteiger partial charge in [0.1, 0.15) is 0 Å². The Balaban J connectivity index is 2.05. The summed E-state index contributed by atoms with van der Waals surface area (Å²) < 4.78 is 0. The molecule has 0 saturated heterocycles. The maximum absolute atomic E-state index is 2.29. The number of hydrogen-bond acceptors (Lipinski definition) is 0. The Morgan fingerprint density at radius 2 is 2.22 bits per heavy atom. The molecule has 9 heavy (non-hydrogen) atoms. The summed E-state index contributed by atoms with van der Waals surface area (Å²) in [4.78, 5) is 0. The highest BCUT2D eigenvalue weighted by Gasteiger charge is 2.33. The van der Waals surface area contributed by atoms with Crippen molar-refractivity contribution in [2.75, 3.05) is 0 Å². The van der Waals surface area contributed by atoms with E-state index in [-0.39, 0.29) is 0 Å². The van der Waals surface area contributed by atoms with Gasteiger partial charge in [-0.05, 0) is 31.6 Å². The molecule has 0 aromatic heterocycles. The predicted octanol–water partition coefficient (Wildman–Crippen LogP) is 3.00. The molecule has 0 spiro atoms. The first-order valence-electron chi connectivity index (χ1n) is 3.99. The molecule has 1 saturated carbocycles. The number of rotatable bonds is 3. The lowest BCUT2D eigenvalue weighted by Crippen LogP contribution is -1.76. The summed E-state index contributed by atoms with van der Waals surface area (Å²) in [6.07, 6.45) is 8.66. The minimum Gasteiger partial charge on any atom is -0.0917 e. The molecule has 52 valence electrons. The summed E-state index contributed by atoms with van der Waals surface area (Å²) in [5.41, 5.74) is 0. The van der Waals surface area contributed by atoms with Crippen molar-refractivity contribution in [2.24, 2.45) is 11.8 Å². The fourth-order valence-corrected chi connectivity index (χ4v) is 1.41. The third-order valence-electron chi connectivity index (χ3n) is 2.27. The van der Waals surface area contributed by atoms with E-state index in [1.165, 1.54) is 19.3 Å². The smallest absolute Gasteiger partial charge is 0.0320 e. The zero-order valence-corrected chi connectivity index (χ0v) is 6.43. The van der Waals surface area contributed by atoms with E-state index in [0.29, 0.717) is 0 Å². The van der Waals surface area contributed by atoms with Gasteiger partial charge in [-0.25, -0.2) is 0 Å². The van der Waals surface area contributed by atoms with Crippen molar-refractivity contribution in [1.29, 1.82) is 0 Å². The minimum absolute atomic E-state index is 1.05. The lowest BCUT2D eigenvalue weighted by Gasteiger charge is -1.88. The molecule has 2 unspecified atom stereocenters. The molecule has 0 heterocycles. The maximum atomic E-state index is 2.29. The fourth-order valence-electron chi connectivity index (χ4n) is 1.41. The molecular formula is C9H16. The van der Waals surface area contributed by atoms with Crippen LogP contribution >= 0.6 is 0 Å². The van der Waals surface area contributed by atoms with Gasteiger partial charge in [-0.15, -0.1) is 0 Å². The van der Waals surface area contributed by atoms with E-state index >= 15 is 0 Å². The van der Waals surface area contributed by atoms with Crippen LogP contribution in [0.25, 0.3) is 0 Å².